The van der Waals surface area contributed by atoms with Gasteiger partial charge in [0.2, 0.25) is 15.9 Å². The maximum absolute atomic E-state index is 12.4. The lowest BCUT2D eigenvalue weighted by molar-refractivity contribution is -0.130. The van der Waals surface area contributed by atoms with Gasteiger partial charge in [-0.25, -0.2) is 8.42 Å². The van der Waals surface area contributed by atoms with Gasteiger partial charge in [0.15, 0.2) is 0 Å². The highest BCUT2D eigenvalue weighted by molar-refractivity contribution is 7.88. The molecule has 1 aliphatic heterocycles. The van der Waals surface area contributed by atoms with Gasteiger partial charge in [-0.1, -0.05) is 0 Å². The lowest BCUT2D eigenvalue weighted by Gasteiger charge is -2.29. The molecular formula is C17H28N4O4S. The molecule has 1 aromatic rings. The van der Waals surface area contributed by atoms with Crippen molar-refractivity contribution in [2.45, 2.75) is 6.42 Å². The zero-order chi connectivity index (χ0) is 19.0. The molecule has 2 heterocycles. The molecule has 1 fully saturated rings. The number of hydrogen-bond donors (Lipinski definition) is 0. The highest BCUT2D eigenvalue weighted by atomic mass is 32.2. The van der Waals surface area contributed by atoms with Crippen molar-refractivity contribution in [3.05, 3.63) is 30.1 Å². The van der Waals surface area contributed by atoms with Gasteiger partial charge in [0, 0.05) is 52.2 Å². The summed E-state index contributed by atoms with van der Waals surface area (Å²) in [5, 5.41) is 0. The van der Waals surface area contributed by atoms with E-state index in [1.165, 1.54) is 4.31 Å². The fourth-order valence-corrected chi connectivity index (χ4v) is 3.44. The monoisotopic (exact) mass is 384 g/mol. The Morgan fingerprint density at radius 2 is 1.88 bits per heavy atom. The van der Waals surface area contributed by atoms with Gasteiger partial charge in [-0.05, 0) is 24.1 Å². The summed E-state index contributed by atoms with van der Waals surface area (Å²) in [4.78, 5) is 20.1. The third kappa shape index (κ3) is 6.99. The third-order valence-corrected chi connectivity index (χ3v) is 5.71. The second-order valence-corrected chi connectivity index (χ2v) is 8.45. The maximum Gasteiger partial charge on any atom is 0.237 e. The van der Waals surface area contributed by atoms with E-state index in [1.807, 2.05) is 12.1 Å². The number of rotatable bonds is 9. The molecule has 1 aliphatic rings. The molecule has 0 bridgehead atoms. The van der Waals surface area contributed by atoms with Gasteiger partial charge in [0.05, 0.1) is 26.0 Å². The SMILES string of the molecule is CN(CCc1ccncc1)C(=O)CN(CCN1CCOCC1)S(C)(=O)=O. The minimum Gasteiger partial charge on any atom is -0.379 e. The van der Waals surface area contributed by atoms with Gasteiger partial charge in [0.25, 0.3) is 0 Å². The van der Waals surface area contributed by atoms with E-state index in [0.717, 1.165) is 24.9 Å². The summed E-state index contributed by atoms with van der Waals surface area (Å²) in [6.07, 6.45) is 5.29. The molecule has 2 rings (SSSR count). The molecule has 0 N–H and O–H groups in total. The van der Waals surface area contributed by atoms with Gasteiger partial charge in [-0.15, -0.1) is 0 Å². The van der Waals surface area contributed by atoms with Gasteiger partial charge in [-0.3, -0.25) is 14.7 Å². The molecule has 0 unspecified atom stereocenters. The van der Waals surface area contributed by atoms with Gasteiger partial charge in [-0.2, -0.15) is 4.31 Å². The van der Waals surface area contributed by atoms with E-state index >= 15 is 0 Å². The topological polar surface area (TPSA) is 83.1 Å². The van der Waals surface area contributed by atoms with Gasteiger partial charge < -0.3 is 9.64 Å². The molecule has 0 saturated carbocycles. The second-order valence-electron chi connectivity index (χ2n) is 6.47. The van der Waals surface area contributed by atoms with Crippen LogP contribution in [0.3, 0.4) is 0 Å². The molecule has 1 saturated heterocycles. The van der Waals surface area contributed by atoms with Crippen LogP contribution in [0.15, 0.2) is 24.5 Å². The Hall–Kier alpha value is -1.55. The number of nitrogens with zero attached hydrogens (tertiary/aromatic N) is 4. The molecule has 0 atom stereocenters. The Kier molecular flexibility index (Phi) is 7.95. The zero-order valence-electron chi connectivity index (χ0n) is 15.5. The quantitative estimate of drug-likeness (QED) is 0.580. The summed E-state index contributed by atoms with van der Waals surface area (Å²) in [5.74, 6) is -0.202. The number of carbonyl (C=O) groups is 1. The lowest BCUT2D eigenvalue weighted by atomic mass is 10.2. The molecular weight excluding hydrogens is 356 g/mol. The number of morpholine rings is 1. The van der Waals surface area contributed by atoms with E-state index in [0.29, 0.717) is 39.3 Å². The summed E-state index contributed by atoms with van der Waals surface area (Å²) in [6.45, 7) is 4.22. The number of sulfonamides is 1. The Morgan fingerprint density at radius 3 is 2.50 bits per heavy atom. The first-order chi connectivity index (χ1) is 12.4. The van der Waals surface area contributed by atoms with E-state index in [1.54, 1.807) is 24.3 Å². The first kappa shape index (κ1) is 20.8. The standard InChI is InChI=1S/C17H28N4O4S/c1-19(8-5-16-3-6-18-7-4-16)17(22)15-21(26(2,23)24)10-9-20-11-13-25-14-12-20/h3-4,6-7H,5,8-15H2,1-2H3. The molecule has 9 heteroatoms. The Balaban J connectivity index is 1.84. The number of likely N-dealkylation sites (N-methyl/N-ethyl adjacent to an activating group) is 1. The molecule has 0 aromatic carbocycles. The molecule has 0 spiro atoms. The number of carbonyl (C=O) groups excluding carboxylic acids is 1. The molecule has 0 aliphatic carbocycles. The zero-order valence-corrected chi connectivity index (χ0v) is 16.3. The van der Waals surface area contributed by atoms with E-state index < -0.39 is 10.0 Å². The summed E-state index contributed by atoms with van der Waals surface area (Å²) in [6, 6.07) is 3.81. The number of hydrogen-bond acceptors (Lipinski definition) is 6. The van der Waals surface area contributed by atoms with Crippen LogP contribution in [-0.2, 0) is 26.0 Å². The number of amides is 1. The van der Waals surface area contributed by atoms with E-state index in [-0.39, 0.29) is 12.5 Å². The molecule has 0 radical (unpaired) electrons. The first-order valence-corrected chi connectivity index (χ1v) is 10.6. The average Bonchev–Trinajstić information content (AvgIpc) is 2.63. The highest BCUT2D eigenvalue weighted by Gasteiger charge is 2.23. The van der Waals surface area contributed by atoms with Crippen LogP contribution in [0, 0.1) is 0 Å². The Bertz CT molecular complexity index is 663. The number of ether oxygens (including phenoxy) is 1. The van der Waals surface area contributed by atoms with E-state index in [2.05, 4.69) is 9.88 Å². The third-order valence-electron chi connectivity index (χ3n) is 4.46. The fourth-order valence-electron chi connectivity index (χ4n) is 2.68. The Morgan fingerprint density at radius 1 is 1.23 bits per heavy atom. The summed E-state index contributed by atoms with van der Waals surface area (Å²) < 4.78 is 30.6. The van der Waals surface area contributed by atoms with E-state index in [4.69, 9.17) is 4.74 Å². The maximum atomic E-state index is 12.4. The smallest absolute Gasteiger partial charge is 0.237 e. The van der Waals surface area contributed by atoms with Crippen molar-refractivity contribution in [3.8, 4) is 0 Å². The lowest BCUT2D eigenvalue weighted by Crippen LogP contribution is -2.46. The van der Waals surface area contributed by atoms with Crippen LogP contribution in [0.2, 0.25) is 0 Å². The van der Waals surface area contributed by atoms with Crippen LogP contribution in [-0.4, -0.2) is 99.2 Å². The van der Waals surface area contributed by atoms with Crippen LogP contribution in [0.25, 0.3) is 0 Å². The normalized spacial score (nSPS) is 16.0. The minimum atomic E-state index is -3.44. The average molecular weight is 385 g/mol. The summed E-state index contributed by atoms with van der Waals surface area (Å²) in [7, 11) is -1.74. The largest absolute Gasteiger partial charge is 0.379 e. The summed E-state index contributed by atoms with van der Waals surface area (Å²) in [5.41, 5.74) is 1.09. The highest BCUT2D eigenvalue weighted by Crippen LogP contribution is 2.04. The first-order valence-electron chi connectivity index (χ1n) is 8.74. The van der Waals surface area contributed by atoms with Crippen molar-refractivity contribution in [1.29, 1.82) is 0 Å². The van der Waals surface area contributed by atoms with Gasteiger partial charge in [0.1, 0.15) is 0 Å². The van der Waals surface area contributed by atoms with Crippen molar-refractivity contribution in [3.63, 3.8) is 0 Å². The molecule has 1 aromatic heterocycles. The minimum absolute atomic E-state index is 0.129. The van der Waals surface area contributed by atoms with E-state index in [9.17, 15) is 13.2 Å². The van der Waals surface area contributed by atoms with Crippen LogP contribution >= 0.6 is 0 Å². The number of aromatic nitrogens is 1. The van der Waals surface area contributed by atoms with Crippen molar-refractivity contribution in [2.24, 2.45) is 0 Å². The number of pyridine rings is 1. The van der Waals surface area contributed by atoms with Gasteiger partial charge >= 0.3 is 0 Å². The van der Waals surface area contributed by atoms with Crippen LogP contribution in [0.4, 0.5) is 0 Å². The van der Waals surface area contributed by atoms with Crippen molar-refractivity contribution >= 4 is 15.9 Å². The molecule has 26 heavy (non-hydrogen) atoms. The van der Waals surface area contributed by atoms with Crippen LogP contribution in [0.1, 0.15) is 5.56 Å². The van der Waals surface area contributed by atoms with Crippen LogP contribution in [0.5, 0.6) is 0 Å². The van der Waals surface area contributed by atoms with Crippen LogP contribution < -0.4 is 0 Å². The van der Waals surface area contributed by atoms with Crippen molar-refractivity contribution < 1.29 is 17.9 Å². The predicted octanol–water partition coefficient (Wildman–Crippen LogP) is -0.324. The molecule has 146 valence electrons. The van der Waals surface area contributed by atoms with Crippen molar-refractivity contribution in [1.82, 2.24) is 19.1 Å². The summed E-state index contributed by atoms with van der Waals surface area (Å²) >= 11 is 0. The Labute approximate surface area is 155 Å². The predicted molar refractivity (Wildman–Crippen MR) is 99.3 cm³/mol. The van der Waals surface area contributed by atoms with Crippen molar-refractivity contribution in [2.75, 3.05) is 65.8 Å². The molecule has 1 amide bonds. The second kappa shape index (κ2) is 9.96. The molecule has 8 nitrogen and oxygen atoms in total. The fraction of sp³-hybridized carbons (Fsp3) is 0.647.